The molecule has 1 rings (SSSR count). The zero-order valence-electron chi connectivity index (χ0n) is 12.0. The minimum absolute atomic E-state index is 0.0687. The van der Waals surface area contributed by atoms with Crippen molar-refractivity contribution in [2.24, 2.45) is 5.92 Å². The van der Waals surface area contributed by atoms with Gasteiger partial charge in [0.25, 0.3) is 5.91 Å². The monoisotopic (exact) mass is 264 g/mol. The van der Waals surface area contributed by atoms with Crippen molar-refractivity contribution in [3.63, 3.8) is 0 Å². The van der Waals surface area contributed by atoms with Crippen molar-refractivity contribution in [3.8, 4) is 5.75 Å². The van der Waals surface area contributed by atoms with Crippen LogP contribution < -0.4 is 15.4 Å². The summed E-state index contributed by atoms with van der Waals surface area (Å²) in [5.74, 6) is 1.10. The molecule has 1 aromatic carbocycles. The molecule has 4 heteroatoms. The highest BCUT2D eigenvalue weighted by molar-refractivity contribution is 5.77. The van der Waals surface area contributed by atoms with Gasteiger partial charge in [0.05, 0.1) is 0 Å². The van der Waals surface area contributed by atoms with E-state index in [2.05, 4.69) is 31.4 Å². The van der Waals surface area contributed by atoms with Gasteiger partial charge in [-0.1, -0.05) is 32.9 Å². The maximum Gasteiger partial charge on any atom is 0.257 e. The molecule has 1 aromatic rings. The van der Waals surface area contributed by atoms with Gasteiger partial charge in [0.1, 0.15) is 5.75 Å². The number of carbonyl (C=O) groups is 1. The summed E-state index contributed by atoms with van der Waals surface area (Å²) in [6.07, 6.45) is 0. The van der Waals surface area contributed by atoms with Crippen LogP contribution in [0.2, 0.25) is 0 Å². The highest BCUT2D eigenvalue weighted by Crippen LogP contribution is 2.11. The molecule has 2 N–H and O–H groups in total. The summed E-state index contributed by atoms with van der Waals surface area (Å²) >= 11 is 0. The summed E-state index contributed by atoms with van der Waals surface area (Å²) in [5.41, 5.74) is 1.21. The van der Waals surface area contributed by atoms with E-state index in [0.29, 0.717) is 12.5 Å². The van der Waals surface area contributed by atoms with Crippen LogP contribution in [0.3, 0.4) is 0 Å². The lowest BCUT2D eigenvalue weighted by Crippen LogP contribution is -2.31. The topological polar surface area (TPSA) is 50.4 Å². The third-order valence-corrected chi connectivity index (χ3v) is 2.58. The quantitative estimate of drug-likeness (QED) is 0.754. The van der Waals surface area contributed by atoms with Gasteiger partial charge >= 0.3 is 0 Å². The Morgan fingerprint density at radius 1 is 1.26 bits per heavy atom. The Hall–Kier alpha value is -1.55. The number of amides is 1. The largest absolute Gasteiger partial charge is 0.484 e. The maximum absolute atomic E-state index is 11.5. The average molecular weight is 264 g/mol. The van der Waals surface area contributed by atoms with Crippen molar-refractivity contribution in [1.29, 1.82) is 0 Å². The predicted octanol–water partition coefficient (Wildman–Crippen LogP) is 1.95. The number of hydrogen-bond acceptors (Lipinski definition) is 3. The van der Waals surface area contributed by atoms with Crippen LogP contribution in [0.4, 0.5) is 0 Å². The first-order valence-corrected chi connectivity index (χ1v) is 6.81. The molecule has 0 radical (unpaired) electrons. The smallest absolute Gasteiger partial charge is 0.257 e. The van der Waals surface area contributed by atoms with Crippen molar-refractivity contribution in [1.82, 2.24) is 10.6 Å². The zero-order chi connectivity index (χ0) is 14.1. The van der Waals surface area contributed by atoms with Crippen LogP contribution in [-0.2, 0) is 11.3 Å². The zero-order valence-corrected chi connectivity index (χ0v) is 12.0. The minimum atomic E-state index is -0.0783. The lowest BCUT2D eigenvalue weighted by molar-refractivity contribution is -0.123. The van der Waals surface area contributed by atoms with Crippen LogP contribution in [0.15, 0.2) is 24.3 Å². The highest BCUT2D eigenvalue weighted by Gasteiger charge is 2.03. The Kier molecular flexibility index (Phi) is 6.97. The lowest BCUT2D eigenvalue weighted by atomic mass is 10.2. The molecule has 0 atom stereocenters. The molecule has 4 nitrogen and oxygen atoms in total. The molecule has 0 aliphatic rings. The van der Waals surface area contributed by atoms with Crippen molar-refractivity contribution >= 4 is 5.91 Å². The first-order valence-electron chi connectivity index (χ1n) is 6.81. The van der Waals surface area contributed by atoms with Gasteiger partial charge in [-0.25, -0.2) is 0 Å². The fraction of sp³-hybridized carbons (Fsp3) is 0.533. The molecular formula is C15H24N2O2. The molecule has 0 saturated heterocycles. The van der Waals surface area contributed by atoms with Gasteiger partial charge in [0.15, 0.2) is 6.61 Å². The standard InChI is InChI=1S/C15H24N2O2/c1-4-16-10-13-5-7-14(8-6-13)19-11-15(18)17-9-12(2)3/h5-8,12,16H,4,9-11H2,1-3H3,(H,17,18). The Bertz CT molecular complexity index is 374. The molecule has 0 heterocycles. The summed E-state index contributed by atoms with van der Waals surface area (Å²) in [4.78, 5) is 11.5. The number of benzene rings is 1. The Labute approximate surface area is 115 Å². The van der Waals surface area contributed by atoms with Gasteiger partial charge < -0.3 is 15.4 Å². The van der Waals surface area contributed by atoms with E-state index in [9.17, 15) is 4.79 Å². The average Bonchev–Trinajstić information content (AvgIpc) is 2.41. The molecular weight excluding hydrogens is 240 g/mol. The van der Waals surface area contributed by atoms with E-state index in [1.54, 1.807) is 0 Å². The molecule has 19 heavy (non-hydrogen) atoms. The molecule has 1 amide bonds. The van der Waals surface area contributed by atoms with E-state index in [4.69, 9.17) is 4.74 Å². The molecule has 0 unspecified atom stereocenters. The van der Waals surface area contributed by atoms with E-state index >= 15 is 0 Å². The molecule has 0 aliphatic heterocycles. The van der Waals surface area contributed by atoms with Crippen LogP contribution in [-0.4, -0.2) is 25.6 Å². The summed E-state index contributed by atoms with van der Waals surface area (Å²) in [5, 5.41) is 6.07. The van der Waals surface area contributed by atoms with Crippen molar-refractivity contribution in [3.05, 3.63) is 29.8 Å². The van der Waals surface area contributed by atoms with E-state index in [1.165, 1.54) is 5.56 Å². The Balaban J connectivity index is 2.31. The van der Waals surface area contributed by atoms with Gasteiger partial charge in [-0.2, -0.15) is 0 Å². The van der Waals surface area contributed by atoms with Crippen LogP contribution >= 0.6 is 0 Å². The first-order chi connectivity index (χ1) is 9.11. The van der Waals surface area contributed by atoms with Gasteiger partial charge in [-0.15, -0.1) is 0 Å². The molecule has 0 saturated carbocycles. The van der Waals surface area contributed by atoms with Gasteiger partial charge in [-0.05, 0) is 30.2 Å². The number of ether oxygens (including phenoxy) is 1. The van der Waals surface area contributed by atoms with Crippen molar-refractivity contribution in [2.75, 3.05) is 19.7 Å². The fourth-order valence-corrected chi connectivity index (χ4v) is 1.49. The highest BCUT2D eigenvalue weighted by atomic mass is 16.5. The molecule has 0 aliphatic carbocycles. The second-order valence-corrected chi connectivity index (χ2v) is 4.91. The predicted molar refractivity (Wildman–Crippen MR) is 77.2 cm³/mol. The summed E-state index contributed by atoms with van der Waals surface area (Å²) in [6.45, 7) is 8.75. The normalized spacial score (nSPS) is 10.5. The second-order valence-electron chi connectivity index (χ2n) is 4.91. The summed E-state index contributed by atoms with van der Waals surface area (Å²) in [6, 6.07) is 7.79. The van der Waals surface area contributed by atoms with Crippen LogP contribution in [0, 0.1) is 5.92 Å². The number of carbonyl (C=O) groups excluding carboxylic acids is 1. The number of rotatable bonds is 8. The van der Waals surface area contributed by atoms with Crippen LogP contribution in [0.5, 0.6) is 5.75 Å². The van der Waals surface area contributed by atoms with Gasteiger partial charge in [0.2, 0.25) is 0 Å². The molecule has 0 spiro atoms. The van der Waals surface area contributed by atoms with E-state index < -0.39 is 0 Å². The third kappa shape index (κ3) is 6.82. The molecule has 0 bridgehead atoms. The maximum atomic E-state index is 11.5. The van der Waals surface area contributed by atoms with E-state index in [1.807, 2.05) is 24.3 Å². The van der Waals surface area contributed by atoms with Crippen LogP contribution in [0.25, 0.3) is 0 Å². The lowest BCUT2D eigenvalue weighted by Gasteiger charge is -2.09. The summed E-state index contributed by atoms with van der Waals surface area (Å²) < 4.78 is 5.43. The third-order valence-electron chi connectivity index (χ3n) is 2.58. The van der Waals surface area contributed by atoms with Crippen molar-refractivity contribution < 1.29 is 9.53 Å². The van der Waals surface area contributed by atoms with Crippen molar-refractivity contribution in [2.45, 2.75) is 27.3 Å². The summed E-state index contributed by atoms with van der Waals surface area (Å²) in [7, 11) is 0. The Morgan fingerprint density at radius 3 is 2.53 bits per heavy atom. The molecule has 0 fully saturated rings. The second kappa shape index (κ2) is 8.53. The SMILES string of the molecule is CCNCc1ccc(OCC(=O)NCC(C)C)cc1. The van der Waals surface area contributed by atoms with E-state index in [-0.39, 0.29) is 12.5 Å². The fourth-order valence-electron chi connectivity index (χ4n) is 1.49. The van der Waals surface area contributed by atoms with Gasteiger partial charge in [0, 0.05) is 13.1 Å². The number of nitrogens with one attached hydrogen (secondary N) is 2. The van der Waals surface area contributed by atoms with Gasteiger partial charge in [-0.3, -0.25) is 4.79 Å². The first kappa shape index (κ1) is 15.5. The Morgan fingerprint density at radius 2 is 1.95 bits per heavy atom. The molecule has 0 aromatic heterocycles. The van der Waals surface area contributed by atoms with E-state index in [0.717, 1.165) is 18.8 Å². The van der Waals surface area contributed by atoms with Crippen LogP contribution in [0.1, 0.15) is 26.3 Å². The number of hydrogen-bond donors (Lipinski definition) is 2. The molecule has 106 valence electrons. The minimum Gasteiger partial charge on any atom is -0.484 e.